The largest absolute Gasteiger partial charge is 0.411 e. The van der Waals surface area contributed by atoms with Crippen LogP contribution in [0, 0.1) is 13.8 Å². The molecule has 0 saturated heterocycles. The van der Waals surface area contributed by atoms with Crippen LogP contribution in [0.25, 0.3) is 11.5 Å². The summed E-state index contributed by atoms with van der Waals surface area (Å²) in [6.07, 6.45) is 0. The highest BCUT2D eigenvalue weighted by Gasteiger charge is 2.12. The molecular weight excluding hydrogens is 364 g/mol. The van der Waals surface area contributed by atoms with E-state index in [1.807, 2.05) is 32.0 Å². The van der Waals surface area contributed by atoms with Crippen LogP contribution in [0.2, 0.25) is 0 Å². The Labute approximate surface area is 160 Å². The smallest absolute Gasteiger partial charge is 0.277 e. The number of nitrogens with zero attached hydrogens (tertiary/aromatic N) is 2. The lowest BCUT2D eigenvalue weighted by Crippen LogP contribution is -2.42. The van der Waals surface area contributed by atoms with Crippen molar-refractivity contribution in [2.75, 3.05) is 5.75 Å². The van der Waals surface area contributed by atoms with E-state index in [2.05, 4.69) is 27.1 Å². The second-order valence-corrected chi connectivity index (χ2v) is 6.83. The Morgan fingerprint density at radius 2 is 1.70 bits per heavy atom. The Hall–Kier alpha value is -3.13. The number of hydrogen-bond donors (Lipinski definition) is 2. The lowest BCUT2D eigenvalue weighted by Gasteiger charge is -2.06. The third-order valence-corrected chi connectivity index (χ3v) is 4.37. The summed E-state index contributed by atoms with van der Waals surface area (Å²) >= 11 is 1.10. The van der Waals surface area contributed by atoms with E-state index in [9.17, 15) is 9.59 Å². The number of thioether (sulfide) groups is 1. The van der Waals surface area contributed by atoms with E-state index in [0.29, 0.717) is 11.5 Å². The van der Waals surface area contributed by atoms with Gasteiger partial charge in [0, 0.05) is 11.1 Å². The predicted molar refractivity (Wildman–Crippen MR) is 102 cm³/mol. The van der Waals surface area contributed by atoms with Crippen molar-refractivity contribution in [2.24, 2.45) is 0 Å². The molecule has 0 radical (unpaired) electrons. The molecule has 0 aliphatic carbocycles. The Morgan fingerprint density at radius 1 is 1.00 bits per heavy atom. The van der Waals surface area contributed by atoms with Crippen molar-refractivity contribution < 1.29 is 14.0 Å². The molecule has 138 valence electrons. The number of aromatic nitrogens is 2. The van der Waals surface area contributed by atoms with Gasteiger partial charge in [-0.25, -0.2) is 0 Å². The molecule has 3 rings (SSSR count). The van der Waals surface area contributed by atoms with E-state index in [4.69, 9.17) is 4.42 Å². The molecule has 27 heavy (non-hydrogen) atoms. The molecule has 8 heteroatoms. The minimum atomic E-state index is -0.385. The normalized spacial score (nSPS) is 10.4. The third-order valence-electron chi connectivity index (χ3n) is 3.55. The van der Waals surface area contributed by atoms with Crippen molar-refractivity contribution in [3.05, 3.63) is 65.2 Å². The van der Waals surface area contributed by atoms with Crippen LogP contribution in [-0.4, -0.2) is 27.8 Å². The topological polar surface area (TPSA) is 97.1 Å². The average Bonchev–Trinajstić information content (AvgIpc) is 3.13. The minimum absolute atomic E-state index is 0.0313. The number of hydrogen-bond acceptors (Lipinski definition) is 6. The van der Waals surface area contributed by atoms with Crippen molar-refractivity contribution in [1.82, 2.24) is 21.0 Å². The van der Waals surface area contributed by atoms with Gasteiger partial charge in [0.25, 0.3) is 11.1 Å². The molecular formula is C19H18N4O3S. The maximum atomic E-state index is 11.9. The highest BCUT2D eigenvalue weighted by Crippen LogP contribution is 2.24. The molecule has 3 aromatic rings. The number of amides is 2. The minimum Gasteiger partial charge on any atom is -0.411 e. The van der Waals surface area contributed by atoms with Crippen LogP contribution in [0.1, 0.15) is 21.5 Å². The van der Waals surface area contributed by atoms with Crippen molar-refractivity contribution in [2.45, 2.75) is 19.1 Å². The van der Waals surface area contributed by atoms with Crippen LogP contribution in [0.3, 0.4) is 0 Å². The zero-order valence-corrected chi connectivity index (χ0v) is 15.7. The van der Waals surface area contributed by atoms with E-state index in [0.717, 1.165) is 28.5 Å². The summed E-state index contributed by atoms with van der Waals surface area (Å²) < 4.78 is 5.60. The quantitative estimate of drug-likeness (QED) is 0.520. The summed E-state index contributed by atoms with van der Waals surface area (Å²) in [6, 6.07) is 14.6. The summed E-state index contributed by atoms with van der Waals surface area (Å²) in [4.78, 5) is 23.7. The van der Waals surface area contributed by atoms with Crippen molar-refractivity contribution in [1.29, 1.82) is 0 Å². The number of aryl methyl sites for hydroxylation is 2. The van der Waals surface area contributed by atoms with E-state index >= 15 is 0 Å². The first-order valence-corrected chi connectivity index (χ1v) is 9.19. The highest BCUT2D eigenvalue weighted by molar-refractivity contribution is 7.99. The second-order valence-electron chi connectivity index (χ2n) is 5.91. The van der Waals surface area contributed by atoms with Crippen LogP contribution < -0.4 is 10.9 Å². The predicted octanol–water partition coefficient (Wildman–Crippen LogP) is 2.91. The number of rotatable bonds is 5. The first-order chi connectivity index (χ1) is 13.0. The standard InChI is InChI=1S/C19H18N4O3S/c1-12-8-13(2)10-15(9-12)18-22-23-19(26-18)27-11-16(24)20-21-17(25)14-6-4-3-5-7-14/h3-10H,11H2,1-2H3,(H,20,24)(H,21,25). The average molecular weight is 382 g/mol. The SMILES string of the molecule is Cc1cc(C)cc(-c2nnc(SCC(=O)NNC(=O)c3ccccc3)o2)c1. The van der Waals surface area contributed by atoms with Gasteiger partial charge in [-0.05, 0) is 38.1 Å². The highest BCUT2D eigenvalue weighted by atomic mass is 32.2. The molecule has 1 heterocycles. The molecule has 0 aliphatic rings. The Balaban J connectivity index is 1.51. The Morgan fingerprint density at radius 3 is 2.41 bits per heavy atom. The molecule has 0 spiro atoms. The van der Waals surface area contributed by atoms with Crippen molar-refractivity contribution >= 4 is 23.6 Å². The number of carbonyl (C=O) groups is 2. The first-order valence-electron chi connectivity index (χ1n) is 8.20. The van der Waals surface area contributed by atoms with E-state index in [1.165, 1.54) is 0 Å². The monoisotopic (exact) mass is 382 g/mol. The Kier molecular flexibility index (Phi) is 5.87. The summed E-state index contributed by atoms with van der Waals surface area (Å²) in [6.45, 7) is 3.99. The zero-order valence-electron chi connectivity index (χ0n) is 14.9. The van der Waals surface area contributed by atoms with Gasteiger partial charge in [0.2, 0.25) is 11.8 Å². The van der Waals surface area contributed by atoms with Gasteiger partial charge in [0.05, 0.1) is 5.75 Å². The van der Waals surface area contributed by atoms with Crippen LogP contribution >= 0.6 is 11.8 Å². The fraction of sp³-hybridized carbons (Fsp3) is 0.158. The number of carbonyl (C=O) groups excluding carboxylic acids is 2. The lowest BCUT2D eigenvalue weighted by atomic mass is 10.1. The molecule has 0 fully saturated rings. The van der Waals surface area contributed by atoms with Crippen LogP contribution in [0.15, 0.2) is 58.2 Å². The molecule has 2 amide bonds. The summed E-state index contributed by atoms with van der Waals surface area (Å²) in [5, 5.41) is 8.25. The summed E-state index contributed by atoms with van der Waals surface area (Å²) in [5.41, 5.74) is 8.22. The fourth-order valence-electron chi connectivity index (χ4n) is 2.43. The molecule has 0 saturated carbocycles. The van der Waals surface area contributed by atoms with E-state index in [-0.39, 0.29) is 22.8 Å². The van der Waals surface area contributed by atoms with Gasteiger partial charge in [-0.1, -0.05) is 47.2 Å². The maximum Gasteiger partial charge on any atom is 0.277 e. The molecule has 0 atom stereocenters. The van der Waals surface area contributed by atoms with Crippen molar-refractivity contribution in [3.63, 3.8) is 0 Å². The van der Waals surface area contributed by atoms with Gasteiger partial charge in [-0.3, -0.25) is 20.4 Å². The van der Waals surface area contributed by atoms with Gasteiger partial charge in [0.1, 0.15) is 0 Å². The Bertz CT molecular complexity index is 936. The fourth-order valence-corrected chi connectivity index (χ4v) is 3.00. The molecule has 1 aromatic heterocycles. The maximum absolute atomic E-state index is 11.9. The van der Waals surface area contributed by atoms with Gasteiger partial charge in [-0.15, -0.1) is 10.2 Å². The summed E-state index contributed by atoms with van der Waals surface area (Å²) in [5.74, 6) is -0.329. The van der Waals surface area contributed by atoms with Crippen LogP contribution in [0.4, 0.5) is 0 Å². The number of benzene rings is 2. The molecule has 0 unspecified atom stereocenters. The van der Waals surface area contributed by atoms with E-state index in [1.54, 1.807) is 24.3 Å². The zero-order chi connectivity index (χ0) is 19.2. The summed E-state index contributed by atoms with van der Waals surface area (Å²) in [7, 11) is 0. The van der Waals surface area contributed by atoms with E-state index < -0.39 is 0 Å². The molecule has 0 bridgehead atoms. The first kappa shape index (κ1) is 18.7. The van der Waals surface area contributed by atoms with Crippen molar-refractivity contribution in [3.8, 4) is 11.5 Å². The molecule has 2 aromatic carbocycles. The third kappa shape index (κ3) is 5.18. The van der Waals surface area contributed by atoms with Gasteiger partial charge in [0.15, 0.2) is 0 Å². The molecule has 0 aliphatic heterocycles. The number of hydrazine groups is 1. The molecule has 2 N–H and O–H groups in total. The second kappa shape index (κ2) is 8.50. The van der Waals surface area contributed by atoms with Gasteiger partial charge in [-0.2, -0.15) is 0 Å². The van der Waals surface area contributed by atoms with Crippen LogP contribution in [0.5, 0.6) is 0 Å². The number of nitrogens with one attached hydrogen (secondary N) is 2. The lowest BCUT2D eigenvalue weighted by molar-refractivity contribution is -0.119. The van der Waals surface area contributed by atoms with Gasteiger partial charge < -0.3 is 4.42 Å². The van der Waals surface area contributed by atoms with Crippen LogP contribution in [-0.2, 0) is 4.79 Å². The molecule has 7 nitrogen and oxygen atoms in total. The van der Waals surface area contributed by atoms with Gasteiger partial charge >= 0.3 is 0 Å².